The molecule has 4 nitrogen and oxygen atoms in total. The van der Waals surface area contributed by atoms with Crippen LogP contribution in [0.3, 0.4) is 0 Å². The molecule has 154 valence electrons. The molecule has 0 radical (unpaired) electrons. The summed E-state index contributed by atoms with van der Waals surface area (Å²) in [6, 6.07) is 22.1. The van der Waals surface area contributed by atoms with E-state index in [9.17, 15) is 5.11 Å². The van der Waals surface area contributed by atoms with Crippen LogP contribution in [0.4, 0.5) is 0 Å². The minimum atomic E-state index is -0.230. The molecule has 0 bridgehead atoms. The fourth-order valence-corrected chi connectivity index (χ4v) is 4.38. The average Bonchev–Trinajstić information content (AvgIpc) is 2.79. The van der Waals surface area contributed by atoms with Crippen LogP contribution in [0.15, 0.2) is 76.2 Å². The molecule has 0 spiro atoms. The number of nitrogens with zero attached hydrogens (tertiary/aromatic N) is 1. The van der Waals surface area contributed by atoms with Gasteiger partial charge in [0.05, 0.1) is 11.6 Å². The standard InChI is InChI=1S/C25H25BrN2O2/c1-3-16-8-10-17(11-9-16)21-15-22(19-6-4-5-7-23(19)29)28-25(27-21)18-12-13-24(30-2)20(26)14-18/h4-14,22,25,28-29H,3,15H2,1-2H3/t22-,25+/m0/s1. The first-order chi connectivity index (χ1) is 14.6. The number of nitrogens with one attached hydrogen (secondary N) is 1. The van der Waals surface area contributed by atoms with E-state index in [2.05, 4.69) is 52.4 Å². The molecule has 0 aliphatic carbocycles. The van der Waals surface area contributed by atoms with E-state index in [0.29, 0.717) is 12.2 Å². The quantitative estimate of drug-likeness (QED) is 0.490. The number of rotatable bonds is 5. The third-order valence-corrected chi connectivity index (χ3v) is 6.16. The second-order valence-corrected chi connectivity index (χ2v) is 8.26. The summed E-state index contributed by atoms with van der Waals surface area (Å²) in [4.78, 5) is 5.04. The fraction of sp³-hybridized carbons (Fsp3) is 0.240. The van der Waals surface area contributed by atoms with Gasteiger partial charge in [-0.05, 0) is 57.2 Å². The average molecular weight is 465 g/mol. The zero-order valence-electron chi connectivity index (χ0n) is 17.1. The van der Waals surface area contributed by atoms with Crippen molar-refractivity contribution in [2.75, 3.05) is 7.11 Å². The molecule has 0 aromatic heterocycles. The van der Waals surface area contributed by atoms with Gasteiger partial charge in [-0.15, -0.1) is 0 Å². The molecule has 1 aliphatic heterocycles. The molecule has 1 aliphatic rings. The van der Waals surface area contributed by atoms with E-state index in [0.717, 1.165) is 39.0 Å². The lowest BCUT2D eigenvalue weighted by molar-refractivity contribution is 0.406. The summed E-state index contributed by atoms with van der Waals surface area (Å²) in [6.07, 6.45) is 1.49. The predicted molar refractivity (Wildman–Crippen MR) is 124 cm³/mol. The van der Waals surface area contributed by atoms with Gasteiger partial charge in [0.25, 0.3) is 0 Å². The molecule has 5 heteroatoms. The van der Waals surface area contributed by atoms with Crippen molar-refractivity contribution >= 4 is 21.6 Å². The Kier molecular flexibility index (Phi) is 6.21. The summed E-state index contributed by atoms with van der Waals surface area (Å²) in [5.74, 6) is 1.08. The van der Waals surface area contributed by atoms with Crippen LogP contribution in [0.25, 0.3) is 0 Å². The van der Waals surface area contributed by atoms with Gasteiger partial charge in [0.15, 0.2) is 0 Å². The summed E-state index contributed by atoms with van der Waals surface area (Å²) in [7, 11) is 1.66. The number of halogens is 1. The first-order valence-electron chi connectivity index (χ1n) is 10.1. The lowest BCUT2D eigenvalue weighted by Crippen LogP contribution is -2.33. The van der Waals surface area contributed by atoms with Crippen LogP contribution in [0.5, 0.6) is 11.5 Å². The van der Waals surface area contributed by atoms with E-state index >= 15 is 0 Å². The van der Waals surface area contributed by atoms with Crippen LogP contribution in [0, 0.1) is 0 Å². The molecule has 2 N–H and O–H groups in total. The highest BCUT2D eigenvalue weighted by molar-refractivity contribution is 9.10. The van der Waals surface area contributed by atoms with Crippen molar-refractivity contribution < 1.29 is 9.84 Å². The van der Waals surface area contributed by atoms with Crippen molar-refractivity contribution in [2.45, 2.75) is 32.0 Å². The van der Waals surface area contributed by atoms with Gasteiger partial charge in [-0.1, -0.05) is 55.5 Å². The van der Waals surface area contributed by atoms with E-state index in [-0.39, 0.29) is 12.2 Å². The van der Waals surface area contributed by atoms with Crippen molar-refractivity contribution in [3.05, 3.63) is 93.5 Å². The van der Waals surface area contributed by atoms with E-state index < -0.39 is 0 Å². The number of hydrogen-bond donors (Lipinski definition) is 2. The molecule has 30 heavy (non-hydrogen) atoms. The monoisotopic (exact) mass is 464 g/mol. The molecule has 0 fully saturated rings. The van der Waals surface area contributed by atoms with Gasteiger partial charge in [-0.25, -0.2) is 0 Å². The second-order valence-electron chi connectivity index (χ2n) is 7.40. The number of aromatic hydroxyl groups is 1. The van der Waals surface area contributed by atoms with Gasteiger partial charge in [0.2, 0.25) is 0 Å². The van der Waals surface area contributed by atoms with Crippen LogP contribution in [-0.4, -0.2) is 17.9 Å². The number of phenolic OH excluding ortho intramolecular Hbond substituents is 1. The van der Waals surface area contributed by atoms with Crippen LogP contribution >= 0.6 is 15.9 Å². The van der Waals surface area contributed by atoms with Crippen LogP contribution < -0.4 is 10.1 Å². The molecule has 0 unspecified atom stereocenters. The number of benzene rings is 3. The summed E-state index contributed by atoms with van der Waals surface area (Å²) in [6.45, 7) is 2.16. The summed E-state index contributed by atoms with van der Waals surface area (Å²) < 4.78 is 6.26. The van der Waals surface area contributed by atoms with Crippen molar-refractivity contribution in [1.29, 1.82) is 0 Å². The van der Waals surface area contributed by atoms with Gasteiger partial charge in [0, 0.05) is 23.7 Å². The molecule has 3 aromatic rings. The van der Waals surface area contributed by atoms with Gasteiger partial charge < -0.3 is 9.84 Å². The van der Waals surface area contributed by atoms with Crippen molar-refractivity contribution in [2.24, 2.45) is 4.99 Å². The number of hydrogen-bond acceptors (Lipinski definition) is 4. The smallest absolute Gasteiger partial charge is 0.133 e. The molecule has 0 amide bonds. The maximum Gasteiger partial charge on any atom is 0.133 e. The Morgan fingerprint density at radius 3 is 2.53 bits per heavy atom. The lowest BCUT2D eigenvalue weighted by atomic mass is 9.93. The molecule has 1 heterocycles. The minimum Gasteiger partial charge on any atom is -0.508 e. The predicted octanol–water partition coefficient (Wildman–Crippen LogP) is 5.95. The topological polar surface area (TPSA) is 53.8 Å². The van der Waals surface area contributed by atoms with Crippen molar-refractivity contribution in [1.82, 2.24) is 5.32 Å². The van der Waals surface area contributed by atoms with Crippen LogP contribution in [-0.2, 0) is 6.42 Å². The van der Waals surface area contributed by atoms with Crippen molar-refractivity contribution in [3.63, 3.8) is 0 Å². The highest BCUT2D eigenvalue weighted by Crippen LogP contribution is 2.36. The molecule has 4 rings (SSSR count). The second kappa shape index (κ2) is 9.02. The molecule has 0 saturated carbocycles. The molecule has 2 atom stereocenters. The van der Waals surface area contributed by atoms with E-state index in [1.165, 1.54) is 5.56 Å². The lowest BCUT2D eigenvalue weighted by Gasteiger charge is -2.31. The van der Waals surface area contributed by atoms with E-state index in [4.69, 9.17) is 9.73 Å². The molecular formula is C25H25BrN2O2. The van der Waals surface area contributed by atoms with Gasteiger partial charge in [-0.3, -0.25) is 10.3 Å². The molecular weight excluding hydrogens is 440 g/mol. The van der Waals surface area contributed by atoms with Gasteiger partial charge >= 0.3 is 0 Å². The summed E-state index contributed by atoms with van der Waals surface area (Å²) in [5.41, 5.74) is 5.37. The fourth-order valence-electron chi connectivity index (χ4n) is 3.82. The Morgan fingerprint density at radius 2 is 1.87 bits per heavy atom. The normalized spacial score (nSPS) is 18.7. The Labute approximate surface area is 185 Å². The summed E-state index contributed by atoms with van der Waals surface area (Å²) >= 11 is 3.58. The third kappa shape index (κ3) is 4.27. The number of aliphatic imine (C=N–C) groups is 1. The number of phenols is 1. The summed E-state index contributed by atoms with van der Waals surface area (Å²) in [5, 5.41) is 14.1. The first kappa shape index (κ1) is 20.6. The highest BCUT2D eigenvalue weighted by Gasteiger charge is 2.27. The Hall–Kier alpha value is -2.63. The Balaban J connectivity index is 1.74. The Morgan fingerprint density at radius 1 is 1.10 bits per heavy atom. The van der Waals surface area contributed by atoms with Gasteiger partial charge in [-0.2, -0.15) is 0 Å². The number of ether oxygens (including phenoxy) is 1. The Bertz CT molecular complexity index is 1060. The number of aryl methyl sites for hydroxylation is 1. The zero-order valence-corrected chi connectivity index (χ0v) is 18.7. The number of methoxy groups -OCH3 is 1. The van der Waals surface area contributed by atoms with Crippen molar-refractivity contribution in [3.8, 4) is 11.5 Å². The number of para-hydroxylation sites is 1. The highest BCUT2D eigenvalue weighted by atomic mass is 79.9. The van der Waals surface area contributed by atoms with Crippen LogP contribution in [0.1, 0.15) is 47.8 Å². The van der Waals surface area contributed by atoms with E-state index in [1.807, 2.05) is 36.4 Å². The largest absolute Gasteiger partial charge is 0.508 e. The van der Waals surface area contributed by atoms with Gasteiger partial charge in [0.1, 0.15) is 17.7 Å². The third-order valence-electron chi connectivity index (χ3n) is 5.54. The SMILES string of the molecule is CCc1ccc(C2=N[C@@H](c3ccc(OC)c(Br)c3)N[C@H](c3ccccc3O)C2)cc1. The zero-order chi connectivity index (χ0) is 21.1. The van der Waals surface area contributed by atoms with Crippen LogP contribution in [0.2, 0.25) is 0 Å². The molecule has 3 aromatic carbocycles. The minimum absolute atomic E-state index is 0.0459. The maximum absolute atomic E-state index is 10.5. The van der Waals surface area contributed by atoms with E-state index in [1.54, 1.807) is 13.2 Å². The molecule has 0 saturated heterocycles. The maximum atomic E-state index is 10.5. The first-order valence-corrected chi connectivity index (χ1v) is 10.9.